The highest BCUT2D eigenvalue weighted by Crippen LogP contribution is 2.43. The van der Waals surface area contributed by atoms with Crippen molar-refractivity contribution in [1.29, 1.82) is 0 Å². The summed E-state index contributed by atoms with van der Waals surface area (Å²) >= 11 is 0. The van der Waals surface area contributed by atoms with Gasteiger partial charge in [0, 0.05) is 22.3 Å². The van der Waals surface area contributed by atoms with E-state index in [0.29, 0.717) is 17.7 Å². The number of rotatable bonds is 1. The molecule has 4 rings (SSSR count). The van der Waals surface area contributed by atoms with Crippen molar-refractivity contribution in [3.8, 4) is 23.0 Å². The van der Waals surface area contributed by atoms with Gasteiger partial charge in [-0.05, 0) is 63.3 Å². The summed E-state index contributed by atoms with van der Waals surface area (Å²) in [5.41, 5.74) is 3.57. The van der Waals surface area contributed by atoms with E-state index in [-0.39, 0.29) is 17.1 Å². The molecule has 2 aliphatic heterocycles. The van der Waals surface area contributed by atoms with Gasteiger partial charge >= 0.3 is 0 Å². The fourth-order valence-corrected chi connectivity index (χ4v) is 3.20. The lowest BCUT2D eigenvalue weighted by molar-refractivity contribution is 0.158. The molecule has 0 fully saturated rings. The average molecular weight is 336 g/mol. The summed E-state index contributed by atoms with van der Waals surface area (Å²) < 4.78 is 12.0. The van der Waals surface area contributed by atoms with Crippen molar-refractivity contribution in [1.82, 2.24) is 0 Å². The Balaban J connectivity index is 1.79. The summed E-state index contributed by atoms with van der Waals surface area (Å²) in [4.78, 5) is 0. The van der Waals surface area contributed by atoms with Crippen LogP contribution in [0, 0.1) is 6.92 Å². The second-order valence-corrected chi connectivity index (χ2v) is 7.00. The van der Waals surface area contributed by atoms with Gasteiger partial charge in [0.2, 0.25) is 0 Å². The van der Waals surface area contributed by atoms with Crippen LogP contribution in [0.25, 0.3) is 17.7 Å². The molecule has 2 aliphatic rings. The Morgan fingerprint density at radius 3 is 2.68 bits per heavy atom. The predicted molar refractivity (Wildman–Crippen MR) is 98.1 cm³/mol. The van der Waals surface area contributed by atoms with E-state index in [4.69, 9.17) is 9.47 Å². The third-order valence-electron chi connectivity index (χ3n) is 4.66. The first kappa shape index (κ1) is 15.6. The zero-order chi connectivity index (χ0) is 17.8. The zero-order valence-corrected chi connectivity index (χ0v) is 14.5. The molecule has 0 aliphatic carbocycles. The lowest BCUT2D eigenvalue weighted by Gasteiger charge is -2.30. The third-order valence-corrected chi connectivity index (χ3v) is 4.66. The first-order valence-electron chi connectivity index (χ1n) is 8.26. The largest absolute Gasteiger partial charge is 0.508 e. The molecule has 0 spiro atoms. The minimum Gasteiger partial charge on any atom is -0.508 e. The number of aromatic hydroxyl groups is 2. The Kier molecular flexibility index (Phi) is 3.32. The van der Waals surface area contributed by atoms with Gasteiger partial charge in [-0.25, -0.2) is 0 Å². The van der Waals surface area contributed by atoms with Crippen LogP contribution in [-0.4, -0.2) is 22.4 Å². The summed E-state index contributed by atoms with van der Waals surface area (Å²) in [7, 11) is 0. The smallest absolute Gasteiger partial charge is 0.137 e. The van der Waals surface area contributed by atoms with Crippen LogP contribution in [0.3, 0.4) is 0 Å². The van der Waals surface area contributed by atoms with Crippen LogP contribution in [0.4, 0.5) is 0 Å². The Labute approximate surface area is 146 Å². The molecule has 0 radical (unpaired) electrons. The summed E-state index contributed by atoms with van der Waals surface area (Å²) in [6, 6.07) is 7.21. The molecule has 25 heavy (non-hydrogen) atoms. The maximum absolute atomic E-state index is 10.3. The second-order valence-electron chi connectivity index (χ2n) is 7.00. The highest BCUT2D eigenvalue weighted by molar-refractivity contribution is 5.90. The van der Waals surface area contributed by atoms with Gasteiger partial charge < -0.3 is 19.7 Å². The van der Waals surface area contributed by atoms with Crippen LogP contribution in [0.2, 0.25) is 0 Å². The quantitative estimate of drug-likeness (QED) is 0.804. The SMILES string of the molecule is Cc1c(O)ccc(C2=Cc3ccc4c(c3OC2)C=CC(C)(C)O4)c1O. The molecule has 4 nitrogen and oxygen atoms in total. The van der Waals surface area contributed by atoms with Crippen molar-refractivity contribution in [2.75, 3.05) is 6.61 Å². The van der Waals surface area contributed by atoms with E-state index in [1.807, 2.05) is 44.2 Å². The lowest BCUT2D eigenvalue weighted by Crippen LogP contribution is -2.27. The van der Waals surface area contributed by atoms with Crippen LogP contribution >= 0.6 is 0 Å². The van der Waals surface area contributed by atoms with Gasteiger partial charge in [0.05, 0.1) is 5.56 Å². The number of hydrogen-bond acceptors (Lipinski definition) is 4. The zero-order valence-electron chi connectivity index (χ0n) is 14.5. The molecular formula is C21H20O4. The molecule has 0 saturated heterocycles. The Morgan fingerprint density at radius 1 is 1.08 bits per heavy atom. The van der Waals surface area contributed by atoms with E-state index in [1.165, 1.54) is 0 Å². The number of hydrogen-bond donors (Lipinski definition) is 2. The van der Waals surface area contributed by atoms with Crippen LogP contribution < -0.4 is 9.47 Å². The second kappa shape index (κ2) is 5.31. The highest BCUT2D eigenvalue weighted by atomic mass is 16.5. The summed E-state index contributed by atoms with van der Waals surface area (Å²) in [5.74, 6) is 1.77. The van der Waals surface area contributed by atoms with Gasteiger partial charge in [0.15, 0.2) is 0 Å². The van der Waals surface area contributed by atoms with Crippen LogP contribution in [0.1, 0.15) is 36.1 Å². The number of ether oxygens (including phenoxy) is 2. The average Bonchev–Trinajstić information content (AvgIpc) is 2.58. The van der Waals surface area contributed by atoms with Crippen molar-refractivity contribution in [3.05, 3.63) is 52.6 Å². The number of phenolic OH excluding ortho intramolecular Hbond substituents is 2. The molecule has 2 aromatic rings. The molecule has 2 heterocycles. The lowest BCUT2D eigenvalue weighted by atomic mass is 9.94. The van der Waals surface area contributed by atoms with Gasteiger partial charge in [0.25, 0.3) is 0 Å². The van der Waals surface area contributed by atoms with Crippen molar-refractivity contribution in [2.24, 2.45) is 0 Å². The predicted octanol–water partition coefficient (Wildman–Crippen LogP) is 4.52. The van der Waals surface area contributed by atoms with Crippen LogP contribution in [0.15, 0.2) is 30.3 Å². The third kappa shape index (κ3) is 2.54. The van der Waals surface area contributed by atoms with Crippen LogP contribution in [-0.2, 0) is 0 Å². The minimum atomic E-state index is -0.327. The number of benzene rings is 2. The van der Waals surface area contributed by atoms with Gasteiger partial charge in [-0.2, -0.15) is 0 Å². The molecule has 0 atom stereocenters. The van der Waals surface area contributed by atoms with E-state index >= 15 is 0 Å². The van der Waals surface area contributed by atoms with Gasteiger partial charge in [-0.15, -0.1) is 0 Å². The summed E-state index contributed by atoms with van der Waals surface area (Å²) in [5, 5.41) is 20.1. The molecule has 128 valence electrons. The topological polar surface area (TPSA) is 58.9 Å². The Hall–Kier alpha value is -2.88. The fraction of sp³-hybridized carbons (Fsp3) is 0.238. The molecule has 0 aromatic heterocycles. The molecule has 2 aromatic carbocycles. The fourth-order valence-electron chi connectivity index (χ4n) is 3.20. The highest BCUT2D eigenvalue weighted by Gasteiger charge is 2.27. The molecule has 4 heteroatoms. The van der Waals surface area contributed by atoms with E-state index in [1.54, 1.807) is 19.1 Å². The Morgan fingerprint density at radius 2 is 1.88 bits per heavy atom. The molecule has 0 unspecified atom stereocenters. The van der Waals surface area contributed by atoms with E-state index in [0.717, 1.165) is 28.2 Å². The maximum Gasteiger partial charge on any atom is 0.137 e. The van der Waals surface area contributed by atoms with Gasteiger partial charge in [-0.1, -0.05) is 0 Å². The van der Waals surface area contributed by atoms with Gasteiger partial charge in [-0.3, -0.25) is 0 Å². The molecule has 0 bridgehead atoms. The molecule has 0 amide bonds. The number of fused-ring (bicyclic) bond motifs is 3. The number of phenols is 2. The monoisotopic (exact) mass is 336 g/mol. The summed E-state index contributed by atoms with van der Waals surface area (Å²) in [6.07, 6.45) is 6.07. The minimum absolute atomic E-state index is 0.0814. The van der Waals surface area contributed by atoms with E-state index < -0.39 is 0 Å². The first-order valence-corrected chi connectivity index (χ1v) is 8.26. The van der Waals surface area contributed by atoms with E-state index in [2.05, 4.69) is 0 Å². The maximum atomic E-state index is 10.3. The van der Waals surface area contributed by atoms with Crippen LogP contribution in [0.5, 0.6) is 23.0 Å². The molecule has 2 N–H and O–H groups in total. The van der Waals surface area contributed by atoms with Gasteiger partial charge in [0.1, 0.15) is 35.2 Å². The van der Waals surface area contributed by atoms with Crippen molar-refractivity contribution >= 4 is 17.7 Å². The van der Waals surface area contributed by atoms with E-state index in [9.17, 15) is 10.2 Å². The first-order chi connectivity index (χ1) is 11.9. The summed E-state index contributed by atoms with van der Waals surface area (Å²) in [6.45, 7) is 6.06. The van der Waals surface area contributed by atoms with Crippen molar-refractivity contribution in [3.63, 3.8) is 0 Å². The normalized spacial score (nSPS) is 17.0. The standard InChI is InChI=1S/C21H20O4/c1-12-17(22)6-5-15(19(12)23)14-10-13-4-7-18-16(20(13)24-11-14)8-9-21(2,3)25-18/h4-10,22-23H,11H2,1-3H3. The molecular weight excluding hydrogens is 316 g/mol. The molecule has 0 saturated carbocycles. The van der Waals surface area contributed by atoms with Crippen molar-refractivity contribution in [2.45, 2.75) is 26.4 Å². The Bertz CT molecular complexity index is 935. The van der Waals surface area contributed by atoms with Crippen molar-refractivity contribution < 1.29 is 19.7 Å².